The van der Waals surface area contributed by atoms with Crippen LogP contribution in [0, 0.1) is 5.92 Å². The fourth-order valence-electron chi connectivity index (χ4n) is 2.43. The molecule has 0 unspecified atom stereocenters. The summed E-state index contributed by atoms with van der Waals surface area (Å²) < 4.78 is 0. The van der Waals surface area contributed by atoms with Crippen LogP contribution in [0.4, 0.5) is 0 Å². The van der Waals surface area contributed by atoms with E-state index < -0.39 is 5.97 Å². The Labute approximate surface area is 139 Å². The molecule has 0 fully saturated rings. The van der Waals surface area contributed by atoms with Crippen LogP contribution < -0.4 is 5.32 Å². The maximum absolute atomic E-state index is 12.5. The molecule has 5 nitrogen and oxygen atoms in total. The minimum absolute atomic E-state index is 0.0128. The third-order valence-corrected chi connectivity index (χ3v) is 4.43. The average Bonchev–Trinajstić information content (AvgIpc) is 2.97. The summed E-state index contributed by atoms with van der Waals surface area (Å²) in [6, 6.07) is 9.72. The van der Waals surface area contributed by atoms with E-state index >= 15 is 0 Å². The van der Waals surface area contributed by atoms with Gasteiger partial charge in [0.25, 0.3) is 0 Å². The molecule has 0 aliphatic rings. The number of amides is 1. The smallest absolute Gasteiger partial charge is 0.355 e. The van der Waals surface area contributed by atoms with Gasteiger partial charge in [-0.3, -0.25) is 4.79 Å². The second-order valence-electron chi connectivity index (χ2n) is 5.61. The second kappa shape index (κ2) is 7.87. The first kappa shape index (κ1) is 17.1. The van der Waals surface area contributed by atoms with Crippen LogP contribution in [0.15, 0.2) is 35.7 Å². The number of rotatable bonds is 7. The van der Waals surface area contributed by atoms with Gasteiger partial charge in [0.1, 0.15) is 0 Å². The minimum Gasteiger partial charge on any atom is -0.476 e. The van der Waals surface area contributed by atoms with Crippen LogP contribution in [0.1, 0.15) is 40.8 Å². The second-order valence-corrected chi connectivity index (χ2v) is 6.55. The van der Waals surface area contributed by atoms with E-state index in [1.165, 1.54) is 16.7 Å². The summed E-state index contributed by atoms with van der Waals surface area (Å²) in [7, 11) is 0. The zero-order valence-electron chi connectivity index (χ0n) is 13.2. The fraction of sp³-hybridized carbons (Fsp3) is 0.353. The van der Waals surface area contributed by atoms with Crippen molar-refractivity contribution in [1.82, 2.24) is 10.3 Å². The van der Waals surface area contributed by atoms with Gasteiger partial charge < -0.3 is 10.4 Å². The van der Waals surface area contributed by atoms with Gasteiger partial charge in [0.15, 0.2) is 5.69 Å². The summed E-state index contributed by atoms with van der Waals surface area (Å²) in [6.07, 6.45) is 0.531. The Hall–Kier alpha value is -2.21. The molecule has 0 aliphatic heterocycles. The number of aromatic carboxylic acids is 1. The van der Waals surface area contributed by atoms with Gasteiger partial charge in [0.2, 0.25) is 5.91 Å². The van der Waals surface area contributed by atoms with Crippen molar-refractivity contribution >= 4 is 23.2 Å². The third-order valence-electron chi connectivity index (χ3n) is 3.52. The quantitative estimate of drug-likeness (QED) is 0.817. The van der Waals surface area contributed by atoms with Gasteiger partial charge >= 0.3 is 5.97 Å². The van der Waals surface area contributed by atoms with Crippen LogP contribution >= 0.6 is 11.3 Å². The number of carbonyl (C=O) groups excluding carboxylic acids is 1. The Bertz CT molecular complexity index is 667. The van der Waals surface area contributed by atoms with E-state index in [4.69, 9.17) is 5.11 Å². The number of carboxylic acid groups (broad SMARTS) is 1. The van der Waals surface area contributed by atoms with Crippen LogP contribution in [-0.2, 0) is 11.2 Å². The van der Waals surface area contributed by atoms with E-state index in [1.807, 2.05) is 44.2 Å². The van der Waals surface area contributed by atoms with Crippen molar-refractivity contribution in [3.05, 3.63) is 52.0 Å². The number of hydrogen-bond donors (Lipinski definition) is 2. The molecule has 1 atom stereocenters. The van der Waals surface area contributed by atoms with E-state index in [2.05, 4.69) is 10.3 Å². The van der Waals surface area contributed by atoms with Crippen LogP contribution in [0.5, 0.6) is 0 Å². The van der Waals surface area contributed by atoms with E-state index in [-0.39, 0.29) is 23.4 Å². The predicted octanol–water partition coefficient (Wildman–Crippen LogP) is 2.94. The Balaban J connectivity index is 1.93. The Morgan fingerprint density at radius 1 is 1.26 bits per heavy atom. The molecular weight excluding hydrogens is 312 g/mol. The molecule has 1 heterocycles. The summed E-state index contributed by atoms with van der Waals surface area (Å²) in [5.41, 5.74) is 1.06. The molecule has 0 radical (unpaired) electrons. The Kier molecular flexibility index (Phi) is 5.87. The summed E-state index contributed by atoms with van der Waals surface area (Å²) >= 11 is 1.30. The van der Waals surface area contributed by atoms with Crippen LogP contribution in [0.2, 0.25) is 0 Å². The fourth-order valence-corrected chi connectivity index (χ4v) is 3.20. The molecule has 1 aromatic carbocycles. The highest BCUT2D eigenvalue weighted by Gasteiger charge is 2.23. The number of thiazole rings is 1. The molecule has 6 heteroatoms. The molecule has 0 bridgehead atoms. The Morgan fingerprint density at radius 3 is 2.52 bits per heavy atom. The topological polar surface area (TPSA) is 79.3 Å². The van der Waals surface area contributed by atoms with Crippen molar-refractivity contribution in [1.29, 1.82) is 0 Å². The van der Waals surface area contributed by atoms with E-state index in [0.29, 0.717) is 18.0 Å². The van der Waals surface area contributed by atoms with Gasteiger partial charge in [-0.05, 0) is 11.5 Å². The van der Waals surface area contributed by atoms with Gasteiger partial charge in [-0.1, -0.05) is 44.2 Å². The predicted molar refractivity (Wildman–Crippen MR) is 89.8 cm³/mol. The number of aromatic nitrogens is 1. The largest absolute Gasteiger partial charge is 0.476 e. The van der Waals surface area contributed by atoms with E-state index in [0.717, 1.165) is 5.56 Å². The standard InChI is InChI=1S/C17H20N2O3S/c1-11(2)15(12-6-4-3-5-7-12)16(20)18-9-8-14-19-13(10-23-14)17(21)22/h3-7,10-11,15H,8-9H2,1-2H3,(H,18,20)(H,21,22)/t15-/m0/s1. The Morgan fingerprint density at radius 2 is 1.96 bits per heavy atom. The zero-order valence-corrected chi connectivity index (χ0v) is 14.0. The average molecular weight is 332 g/mol. The molecule has 0 saturated carbocycles. The molecule has 2 aromatic rings. The van der Waals surface area contributed by atoms with Crippen molar-refractivity contribution in [3.8, 4) is 0 Å². The number of benzene rings is 1. The van der Waals surface area contributed by atoms with Crippen LogP contribution in [-0.4, -0.2) is 28.5 Å². The molecular formula is C17H20N2O3S. The molecule has 0 aliphatic carbocycles. The lowest BCUT2D eigenvalue weighted by molar-refractivity contribution is -0.123. The lowest BCUT2D eigenvalue weighted by Gasteiger charge is -2.20. The van der Waals surface area contributed by atoms with Gasteiger partial charge in [0, 0.05) is 18.3 Å². The first-order chi connectivity index (χ1) is 11.0. The van der Waals surface area contributed by atoms with Crippen molar-refractivity contribution in [2.24, 2.45) is 5.92 Å². The van der Waals surface area contributed by atoms with Crippen molar-refractivity contribution in [3.63, 3.8) is 0 Å². The van der Waals surface area contributed by atoms with E-state index in [1.54, 1.807) is 0 Å². The maximum atomic E-state index is 12.5. The first-order valence-corrected chi connectivity index (χ1v) is 8.37. The van der Waals surface area contributed by atoms with Gasteiger partial charge in [-0.25, -0.2) is 9.78 Å². The first-order valence-electron chi connectivity index (χ1n) is 7.49. The summed E-state index contributed by atoms with van der Waals surface area (Å²) in [4.78, 5) is 27.3. The molecule has 0 saturated heterocycles. The highest BCUT2D eigenvalue weighted by atomic mass is 32.1. The van der Waals surface area contributed by atoms with Crippen LogP contribution in [0.25, 0.3) is 0 Å². The molecule has 2 rings (SSSR count). The highest BCUT2D eigenvalue weighted by Crippen LogP contribution is 2.24. The minimum atomic E-state index is -1.03. The molecule has 1 aromatic heterocycles. The zero-order chi connectivity index (χ0) is 16.8. The monoisotopic (exact) mass is 332 g/mol. The van der Waals surface area contributed by atoms with Crippen LogP contribution in [0.3, 0.4) is 0 Å². The number of nitrogens with zero attached hydrogens (tertiary/aromatic N) is 1. The summed E-state index contributed by atoms with van der Waals surface area (Å²) in [6.45, 7) is 4.50. The highest BCUT2D eigenvalue weighted by molar-refractivity contribution is 7.09. The number of nitrogens with one attached hydrogen (secondary N) is 1. The molecule has 122 valence electrons. The third kappa shape index (κ3) is 4.63. The normalized spacial score (nSPS) is 12.1. The number of carbonyl (C=O) groups is 2. The lowest BCUT2D eigenvalue weighted by Crippen LogP contribution is -2.33. The van der Waals surface area contributed by atoms with E-state index in [9.17, 15) is 9.59 Å². The van der Waals surface area contributed by atoms with Gasteiger partial charge in [0.05, 0.1) is 10.9 Å². The summed E-state index contributed by atoms with van der Waals surface area (Å²) in [5, 5.41) is 14.0. The van der Waals surface area contributed by atoms with Crippen molar-refractivity contribution < 1.29 is 14.7 Å². The van der Waals surface area contributed by atoms with Gasteiger partial charge in [-0.15, -0.1) is 11.3 Å². The molecule has 2 N–H and O–H groups in total. The lowest BCUT2D eigenvalue weighted by atomic mass is 9.87. The molecule has 23 heavy (non-hydrogen) atoms. The van der Waals surface area contributed by atoms with Gasteiger partial charge in [-0.2, -0.15) is 0 Å². The maximum Gasteiger partial charge on any atom is 0.355 e. The SMILES string of the molecule is CC(C)[C@H](C(=O)NCCc1nc(C(=O)O)cs1)c1ccccc1. The summed E-state index contributed by atoms with van der Waals surface area (Å²) in [5.74, 6) is -1.04. The van der Waals surface area contributed by atoms with Crippen molar-refractivity contribution in [2.45, 2.75) is 26.2 Å². The number of hydrogen-bond acceptors (Lipinski definition) is 4. The molecule has 1 amide bonds. The molecule has 0 spiro atoms. The van der Waals surface area contributed by atoms with Crippen molar-refractivity contribution in [2.75, 3.05) is 6.54 Å². The number of carboxylic acids is 1.